The van der Waals surface area contributed by atoms with Crippen molar-refractivity contribution in [3.05, 3.63) is 50.7 Å². The van der Waals surface area contributed by atoms with Gasteiger partial charge in [0.25, 0.3) is 5.56 Å². The maximum atomic E-state index is 14.1. The predicted molar refractivity (Wildman–Crippen MR) is 92.1 cm³/mol. The van der Waals surface area contributed by atoms with Crippen LogP contribution < -0.4 is 10.9 Å². The molecule has 1 fully saturated rings. The van der Waals surface area contributed by atoms with Crippen LogP contribution in [-0.4, -0.2) is 41.0 Å². The molecule has 1 aliphatic rings. The minimum Gasteiger partial charge on any atom is -0.349 e. The maximum Gasteiger partial charge on any atom is 0.252 e. The lowest BCUT2D eigenvalue weighted by atomic mass is 9.94. The van der Waals surface area contributed by atoms with Gasteiger partial charge >= 0.3 is 0 Å². The second-order valence-corrected chi connectivity index (χ2v) is 6.70. The number of hydrogen-bond donors (Lipinski definition) is 2. The van der Waals surface area contributed by atoms with E-state index in [0.717, 1.165) is 12.1 Å². The van der Waals surface area contributed by atoms with Crippen molar-refractivity contribution >= 4 is 16.8 Å². The molecule has 0 saturated carbocycles. The zero-order valence-corrected chi connectivity index (χ0v) is 14.5. The molecule has 2 N–H and O–H groups in total. The van der Waals surface area contributed by atoms with Crippen LogP contribution in [0.2, 0.25) is 0 Å². The summed E-state index contributed by atoms with van der Waals surface area (Å²) in [6, 6.07) is 3.50. The molecule has 2 heterocycles. The van der Waals surface area contributed by atoms with Gasteiger partial charge in [0.2, 0.25) is 18.5 Å². The van der Waals surface area contributed by atoms with Gasteiger partial charge in [-0.05, 0) is 12.1 Å². The molecular formula is C18H16F3N4O3+. The van der Waals surface area contributed by atoms with Gasteiger partial charge in [-0.25, -0.2) is 13.2 Å². The molecule has 1 aromatic heterocycles. The number of pyridine rings is 1. The fourth-order valence-electron chi connectivity index (χ4n) is 3.22. The molecule has 1 aromatic carbocycles. The van der Waals surface area contributed by atoms with Crippen LogP contribution in [0.1, 0.15) is 12.0 Å². The van der Waals surface area contributed by atoms with Crippen molar-refractivity contribution < 1.29 is 22.7 Å². The summed E-state index contributed by atoms with van der Waals surface area (Å²) in [6.45, 7) is -0.426. The quantitative estimate of drug-likeness (QED) is 0.768. The Hall–Kier alpha value is -3.22. The fourth-order valence-corrected chi connectivity index (χ4v) is 3.22. The Bertz CT molecular complexity index is 1050. The highest BCUT2D eigenvalue weighted by Crippen LogP contribution is 2.21. The van der Waals surface area contributed by atoms with Crippen LogP contribution in [0.4, 0.5) is 13.2 Å². The largest absolute Gasteiger partial charge is 0.349 e. The Labute approximate surface area is 156 Å². The first-order valence-corrected chi connectivity index (χ1v) is 8.53. The van der Waals surface area contributed by atoms with E-state index in [1.807, 2.05) is 6.07 Å². The number of fused-ring (bicyclic) bond motifs is 1. The number of nitrogens with zero attached hydrogens (tertiary/aromatic N) is 2. The number of nitrogens with one attached hydrogen (secondary N) is 2. The topological polar surface area (TPSA) is 106 Å². The van der Waals surface area contributed by atoms with Crippen LogP contribution in [0.3, 0.4) is 0 Å². The Morgan fingerprint density at radius 2 is 2.11 bits per heavy atom. The molecule has 0 radical (unpaired) electrons. The number of alkyl halides is 1. The van der Waals surface area contributed by atoms with E-state index in [4.69, 9.17) is 5.26 Å². The summed E-state index contributed by atoms with van der Waals surface area (Å²) in [7, 11) is 0. The highest BCUT2D eigenvalue weighted by Gasteiger charge is 2.43. The van der Waals surface area contributed by atoms with Gasteiger partial charge in [-0.3, -0.25) is 9.59 Å². The van der Waals surface area contributed by atoms with Gasteiger partial charge in [-0.2, -0.15) is 5.26 Å². The van der Waals surface area contributed by atoms with E-state index in [2.05, 4.69) is 10.3 Å². The molecule has 3 rings (SSSR count). The van der Waals surface area contributed by atoms with E-state index in [0.29, 0.717) is 10.8 Å². The number of amides is 1. The number of carbonyl (C=O) groups excluding carboxylic acids is 1. The molecular weight excluding hydrogens is 377 g/mol. The summed E-state index contributed by atoms with van der Waals surface area (Å²) in [5.41, 5.74) is -0.779. The molecule has 1 saturated heterocycles. The summed E-state index contributed by atoms with van der Waals surface area (Å²) < 4.78 is 41.6. The molecule has 146 valence electrons. The minimum atomic E-state index is -1.57. The van der Waals surface area contributed by atoms with Crippen molar-refractivity contribution in [2.75, 3.05) is 13.1 Å². The number of H-pyrrole nitrogens is 1. The average molecular weight is 393 g/mol. The van der Waals surface area contributed by atoms with Gasteiger partial charge in [-0.1, -0.05) is 0 Å². The number of hydrogen-bond acceptors (Lipinski definition) is 4. The lowest BCUT2D eigenvalue weighted by Gasteiger charge is -2.21. The van der Waals surface area contributed by atoms with Gasteiger partial charge in [0, 0.05) is 33.1 Å². The number of carbonyl (C=O) groups is 1. The van der Waals surface area contributed by atoms with E-state index in [9.17, 15) is 27.7 Å². The molecule has 0 bridgehead atoms. The van der Waals surface area contributed by atoms with Gasteiger partial charge in [-0.15, -0.1) is 0 Å². The molecule has 3 unspecified atom stereocenters. The summed E-state index contributed by atoms with van der Waals surface area (Å²) in [4.78, 5) is 38.3. The number of piperidine rings is 1. The van der Waals surface area contributed by atoms with Crippen molar-refractivity contribution in [1.29, 1.82) is 5.26 Å². The number of benzene rings is 1. The first-order valence-electron chi connectivity index (χ1n) is 8.53. The first kappa shape index (κ1) is 19.5. The Kier molecular flexibility index (Phi) is 5.44. The summed E-state index contributed by atoms with van der Waals surface area (Å²) in [6.07, 6.45) is -2.08. The highest BCUT2D eigenvalue weighted by molar-refractivity contribution is 5.83. The Morgan fingerprint density at radius 3 is 2.79 bits per heavy atom. The van der Waals surface area contributed by atoms with Crippen LogP contribution in [0.15, 0.2) is 23.0 Å². The maximum absolute atomic E-state index is 14.1. The van der Waals surface area contributed by atoms with Crippen LogP contribution in [0, 0.1) is 33.8 Å². The molecule has 10 heteroatoms. The zero-order chi connectivity index (χ0) is 20.4. The number of nitroso groups, excluding NO2 is 1. The van der Waals surface area contributed by atoms with E-state index in [1.54, 1.807) is 0 Å². The molecule has 1 aliphatic heterocycles. The monoisotopic (exact) mass is 393 g/mol. The summed E-state index contributed by atoms with van der Waals surface area (Å²) in [5, 5.41) is 11.1. The number of nitriles is 1. The van der Waals surface area contributed by atoms with Crippen LogP contribution >= 0.6 is 0 Å². The van der Waals surface area contributed by atoms with Gasteiger partial charge in [0.15, 0.2) is 6.17 Å². The molecule has 3 atom stereocenters. The lowest BCUT2D eigenvalue weighted by Crippen LogP contribution is -2.49. The summed E-state index contributed by atoms with van der Waals surface area (Å²) in [5.74, 6) is -3.09. The third-order valence-electron chi connectivity index (χ3n) is 4.69. The van der Waals surface area contributed by atoms with Crippen molar-refractivity contribution in [3.63, 3.8) is 0 Å². The number of aromatic amines is 1. The van der Waals surface area contributed by atoms with Crippen molar-refractivity contribution in [2.24, 2.45) is 5.92 Å². The van der Waals surface area contributed by atoms with Crippen LogP contribution in [0.5, 0.6) is 0 Å². The Balaban J connectivity index is 1.68. The molecule has 2 aromatic rings. The normalized spacial score (nSPS) is 22.1. The van der Waals surface area contributed by atoms with E-state index in [1.165, 1.54) is 0 Å². The molecule has 0 spiro atoms. The second kappa shape index (κ2) is 7.80. The van der Waals surface area contributed by atoms with E-state index >= 15 is 0 Å². The van der Waals surface area contributed by atoms with Gasteiger partial charge < -0.3 is 10.3 Å². The standard InChI is InChI=1S/C18H15F3N4O3/c19-11-4-13(20)12-2-10(18(27)24-15(12)5-11)3-17(26)23-7-16-14(21)1-9(6-22)8-25(16)28/h2,4-5,9,14,16H,1,3,7-8H2,(H-,23,24,26,27)/p+1. The van der Waals surface area contributed by atoms with E-state index < -0.39 is 47.7 Å². The highest BCUT2D eigenvalue weighted by atomic mass is 19.1. The second-order valence-electron chi connectivity index (χ2n) is 6.70. The molecule has 28 heavy (non-hydrogen) atoms. The SMILES string of the molecule is N#CC1CC(F)C(CNC(=O)Cc2cc3c(F)cc(F)cc3[nH]c2=O)[N+](=O)C1. The average Bonchev–Trinajstić information content (AvgIpc) is 2.61. The van der Waals surface area contributed by atoms with Crippen molar-refractivity contribution in [1.82, 2.24) is 10.3 Å². The number of halogens is 3. The van der Waals surface area contributed by atoms with Crippen molar-refractivity contribution in [3.8, 4) is 6.07 Å². The van der Waals surface area contributed by atoms with Gasteiger partial charge in [0.05, 0.1) is 24.6 Å². The van der Waals surface area contributed by atoms with Gasteiger partial charge in [0.1, 0.15) is 17.6 Å². The van der Waals surface area contributed by atoms with E-state index in [-0.39, 0.29) is 36.0 Å². The minimum absolute atomic E-state index is 0.0387. The fraction of sp³-hybridized carbons (Fsp3) is 0.389. The zero-order valence-electron chi connectivity index (χ0n) is 14.5. The Morgan fingerprint density at radius 1 is 1.36 bits per heavy atom. The first-order chi connectivity index (χ1) is 13.3. The smallest absolute Gasteiger partial charge is 0.252 e. The molecule has 1 amide bonds. The molecule has 0 aliphatic carbocycles. The predicted octanol–water partition coefficient (Wildman–Crippen LogP) is 1.49. The third-order valence-corrected chi connectivity index (χ3v) is 4.69. The van der Waals surface area contributed by atoms with Crippen molar-refractivity contribution in [2.45, 2.75) is 25.1 Å². The number of aromatic nitrogens is 1. The van der Waals surface area contributed by atoms with Crippen LogP contribution in [0.25, 0.3) is 10.9 Å². The number of rotatable bonds is 4. The molecule has 7 nitrogen and oxygen atoms in total. The lowest BCUT2D eigenvalue weighted by molar-refractivity contribution is -0.605. The summed E-state index contributed by atoms with van der Waals surface area (Å²) >= 11 is 0. The van der Waals surface area contributed by atoms with Crippen LogP contribution in [-0.2, 0) is 11.2 Å². The third kappa shape index (κ3) is 4.03.